The fourth-order valence-corrected chi connectivity index (χ4v) is 2.29. The Morgan fingerprint density at radius 3 is 2.05 bits per heavy atom. The molecule has 0 spiro atoms. The Morgan fingerprint density at radius 2 is 1.52 bits per heavy atom. The summed E-state index contributed by atoms with van der Waals surface area (Å²) in [6.45, 7) is 3.30. The first-order valence-corrected chi connectivity index (χ1v) is 6.30. The van der Waals surface area contributed by atoms with E-state index in [9.17, 15) is 20.1 Å². The van der Waals surface area contributed by atoms with E-state index in [0.29, 0.717) is 16.9 Å². The second-order valence-electron chi connectivity index (χ2n) is 4.79. The Balaban J connectivity index is 2.66. The summed E-state index contributed by atoms with van der Waals surface area (Å²) in [5.41, 5.74) is 0.797. The molecule has 0 saturated carbocycles. The van der Waals surface area contributed by atoms with Gasteiger partial charge in [-0.25, -0.2) is 0 Å². The SMILES string of the molecule is COc1ccc(O)c(C(=O)c2c(O)cc(C)cc2O)c1C. The van der Waals surface area contributed by atoms with Crippen LogP contribution in [0, 0.1) is 13.8 Å². The lowest BCUT2D eigenvalue weighted by atomic mass is 9.95. The summed E-state index contributed by atoms with van der Waals surface area (Å²) < 4.78 is 5.12. The van der Waals surface area contributed by atoms with Crippen molar-refractivity contribution in [3.05, 3.63) is 46.5 Å². The third-order valence-corrected chi connectivity index (χ3v) is 3.31. The molecule has 0 aromatic heterocycles. The zero-order valence-electron chi connectivity index (χ0n) is 12.0. The van der Waals surface area contributed by atoms with Gasteiger partial charge in [0.15, 0.2) is 0 Å². The second kappa shape index (κ2) is 5.36. The first kappa shape index (κ1) is 14.7. The van der Waals surface area contributed by atoms with Crippen LogP contribution in [0.1, 0.15) is 27.0 Å². The van der Waals surface area contributed by atoms with Crippen LogP contribution in [0.3, 0.4) is 0 Å². The van der Waals surface area contributed by atoms with Gasteiger partial charge in [-0.2, -0.15) is 0 Å². The van der Waals surface area contributed by atoms with E-state index < -0.39 is 5.78 Å². The molecule has 0 saturated heterocycles. The first-order valence-electron chi connectivity index (χ1n) is 6.30. The number of ether oxygens (including phenoxy) is 1. The highest BCUT2D eigenvalue weighted by molar-refractivity contribution is 6.15. The number of rotatable bonds is 3. The van der Waals surface area contributed by atoms with Gasteiger partial charge in [0, 0.05) is 5.56 Å². The minimum atomic E-state index is -0.668. The Labute approximate surface area is 122 Å². The Bertz CT molecular complexity index is 696. The summed E-state index contributed by atoms with van der Waals surface area (Å²) in [6.07, 6.45) is 0. The molecule has 5 nitrogen and oxygen atoms in total. The third-order valence-electron chi connectivity index (χ3n) is 3.31. The molecule has 0 fully saturated rings. The van der Waals surface area contributed by atoms with Crippen LogP contribution in [0.5, 0.6) is 23.0 Å². The topological polar surface area (TPSA) is 87.0 Å². The van der Waals surface area contributed by atoms with Crippen molar-refractivity contribution in [2.45, 2.75) is 13.8 Å². The highest BCUT2D eigenvalue weighted by Gasteiger charge is 2.24. The van der Waals surface area contributed by atoms with Gasteiger partial charge in [0.2, 0.25) is 5.78 Å². The molecule has 2 aromatic rings. The molecule has 0 aliphatic rings. The maximum absolute atomic E-state index is 12.6. The zero-order chi connectivity index (χ0) is 15.7. The average molecular weight is 288 g/mol. The number of phenolic OH excluding ortho intramolecular Hbond substituents is 3. The van der Waals surface area contributed by atoms with Gasteiger partial charge in [0.05, 0.1) is 12.7 Å². The Kier molecular flexibility index (Phi) is 3.76. The van der Waals surface area contributed by atoms with Gasteiger partial charge >= 0.3 is 0 Å². The summed E-state index contributed by atoms with van der Waals surface area (Å²) in [6, 6.07) is 5.62. The molecule has 3 N–H and O–H groups in total. The highest BCUT2D eigenvalue weighted by atomic mass is 16.5. The molecule has 110 valence electrons. The summed E-state index contributed by atoms with van der Waals surface area (Å²) in [5, 5.41) is 29.8. The monoisotopic (exact) mass is 288 g/mol. The number of methoxy groups -OCH3 is 1. The van der Waals surface area contributed by atoms with E-state index in [2.05, 4.69) is 0 Å². The van der Waals surface area contributed by atoms with Crippen molar-refractivity contribution in [2.75, 3.05) is 7.11 Å². The molecule has 0 amide bonds. The standard InChI is InChI=1S/C16H16O5/c1-8-6-11(18)15(12(19)7-8)16(20)14-9(2)13(21-3)5-4-10(14)17/h4-7,17-19H,1-3H3. The maximum Gasteiger partial charge on any atom is 0.204 e. The molecule has 2 rings (SSSR count). The van der Waals surface area contributed by atoms with Crippen LogP contribution in [0.2, 0.25) is 0 Å². The normalized spacial score (nSPS) is 10.4. The van der Waals surface area contributed by atoms with E-state index in [4.69, 9.17) is 4.74 Å². The number of aryl methyl sites for hydroxylation is 1. The number of hydrogen-bond acceptors (Lipinski definition) is 5. The van der Waals surface area contributed by atoms with E-state index in [-0.39, 0.29) is 28.4 Å². The molecular weight excluding hydrogens is 272 g/mol. The molecule has 0 aliphatic heterocycles. The average Bonchev–Trinajstić information content (AvgIpc) is 2.37. The summed E-state index contributed by atoms with van der Waals surface area (Å²) >= 11 is 0. The fraction of sp³-hybridized carbons (Fsp3) is 0.188. The van der Waals surface area contributed by atoms with Gasteiger partial charge in [0.1, 0.15) is 28.6 Å². The number of phenols is 3. The van der Waals surface area contributed by atoms with Crippen LogP contribution in [-0.2, 0) is 0 Å². The van der Waals surface area contributed by atoms with Crippen LogP contribution in [0.15, 0.2) is 24.3 Å². The predicted octanol–water partition coefficient (Wildman–Crippen LogP) is 2.66. The van der Waals surface area contributed by atoms with Crippen LogP contribution in [0.25, 0.3) is 0 Å². The van der Waals surface area contributed by atoms with Crippen molar-refractivity contribution in [3.63, 3.8) is 0 Å². The highest BCUT2D eigenvalue weighted by Crippen LogP contribution is 2.36. The molecule has 2 aromatic carbocycles. The summed E-state index contributed by atoms with van der Waals surface area (Å²) in [5.74, 6) is -1.14. The van der Waals surface area contributed by atoms with Crippen molar-refractivity contribution >= 4 is 5.78 Å². The number of aromatic hydroxyl groups is 3. The fourth-order valence-electron chi connectivity index (χ4n) is 2.29. The van der Waals surface area contributed by atoms with Crippen molar-refractivity contribution in [3.8, 4) is 23.0 Å². The molecule has 0 radical (unpaired) electrons. The lowest BCUT2D eigenvalue weighted by molar-refractivity contribution is 0.103. The summed E-state index contributed by atoms with van der Waals surface area (Å²) in [4.78, 5) is 12.6. The quantitative estimate of drug-likeness (QED) is 0.756. The van der Waals surface area contributed by atoms with E-state index in [1.807, 2.05) is 0 Å². The van der Waals surface area contributed by atoms with Gasteiger partial charge in [-0.15, -0.1) is 0 Å². The van der Waals surface area contributed by atoms with Crippen LogP contribution in [-0.4, -0.2) is 28.2 Å². The van der Waals surface area contributed by atoms with E-state index in [0.717, 1.165) is 0 Å². The van der Waals surface area contributed by atoms with E-state index >= 15 is 0 Å². The van der Waals surface area contributed by atoms with Gasteiger partial charge in [-0.1, -0.05) is 0 Å². The minimum Gasteiger partial charge on any atom is -0.507 e. The minimum absolute atomic E-state index is 0.0104. The van der Waals surface area contributed by atoms with E-state index in [1.54, 1.807) is 13.8 Å². The van der Waals surface area contributed by atoms with Gasteiger partial charge < -0.3 is 20.1 Å². The van der Waals surface area contributed by atoms with Crippen molar-refractivity contribution < 1.29 is 24.9 Å². The van der Waals surface area contributed by atoms with Gasteiger partial charge in [-0.3, -0.25) is 4.79 Å². The van der Waals surface area contributed by atoms with Gasteiger partial charge in [-0.05, 0) is 43.7 Å². The molecule has 21 heavy (non-hydrogen) atoms. The molecule has 0 atom stereocenters. The van der Waals surface area contributed by atoms with E-state index in [1.165, 1.54) is 31.4 Å². The zero-order valence-corrected chi connectivity index (χ0v) is 12.0. The van der Waals surface area contributed by atoms with Crippen molar-refractivity contribution in [1.82, 2.24) is 0 Å². The largest absolute Gasteiger partial charge is 0.507 e. The second-order valence-corrected chi connectivity index (χ2v) is 4.79. The number of carbonyl (C=O) groups is 1. The molecule has 0 unspecified atom stereocenters. The predicted molar refractivity (Wildman–Crippen MR) is 77.3 cm³/mol. The number of hydrogen-bond donors (Lipinski definition) is 3. The van der Waals surface area contributed by atoms with Crippen LogP contribution < -0.4 is 4.74 Å². The first-order chi connectivity index (χ1) is 9.86. The molecule has 0 bridgehead atoms. The van der Waals surface area contributed by atoms with Crippen LogP contribution >= 0.6 is 0 Å². The summed E-state index contributed by atoms with van der Waals surface area (Å²) in [7, 11) is 1.45. The number of benzene rings is 2. The number of carbonyl (C=O) groups excluding carboxylic acids is 1. The lowest BCUT2D eigenvalue weighted by Crippen LogP contribution is -2.06. The lowest BCUT2D eigenvalue weighted by Gasteiger charge is -2.13. The van der Waals surface area contributed by atoms with Gasteiger partial charge in [0.25, 0.3) is 0 Å². The molecular formula is C16H16O5. The van der Waals surface area contributed by atoms with Crippen molar-refractivity contribution in [2.24, 2.45) is 0 Å². The smallest absolute Gasteiger partial charge is 0.204 e. The van der Waals surface area contributed by atoms with Crippen molar-refractivity contribution in [1.29, 1.82) is 0 Å². The third kappa shape index (κ3) is 2.50. The Morgan fingerprint density at radius 1 is 0.952 bits per heavy atom. The van der Waals surface area contributed by atoms with Crippen LogP contribution in [0.4, 0.5) is 0 Å². The molecule has 0 aliphatic carbocycles. The number of ketones is 1. The molecule has 5 heteroatoms. The Hall–Kier alpha value is -2.69. The molecule has 0 heterocycles. The maximum atomic E-state index is 12.6.